The minimum Gasteiger partial charge on any atom is -0.462 e. The van der Waals surface area contributed by atoms with E-state index in [2.05, 4.69) is 5.32 Å². The summed E-state index contributed by atoms with van der Waals surface area (Å²) in [5, 5.41) is 5.47. The zero-order valence-electron chi connectivity index (χ0n) is 13.1. The molecule has 0 atom stereocenters. The monoisotopic (exact) mass is 321 g/mol. The Morgan fingerprint density at radius 3 is 2.64 bits per heavy atom. The van der Waals surface area contributed by atoms with Gasteiger partial charge in [-0.2, -0.15) is 0 Å². The highest BCUT2D eigenvalue weighted by Gasteiger charge is 2.18. The number of anilines is 1. The van der Waals surface area contributed by atoms with Crippen molar-refractivity contribution in [2.45, 2.75) is 33.3 Å². The summed E-state index contributed by atoms with van der Waals surface area (Å²) in [6, 6.07) is 5.26. The van der Waals surface area contributed by atoms with Crippen LogP contribution >= 0.6 is 11.3 Å². The molecule has 0 saturated carbocycles. The van der Waals surface area contributed by atoms with E-state index in [-0.39, 0.29) is 0 Å². The van der Waals surface area contributed by atoms with Crippen molar-refractivity contribution in [2.24, 2.45) is 0 Å². The van der Waals surface area contributed by atoms with Crippen molar-refractivity contribution < 1.29 is 19.1 Å². The highest BCUT2D eigenvalue weighted by molar-refractivity contribution is 7.17. The molecule has 5 nitrogen and oxygen atoms in total. The molecule has 1 aromatic carbocycles. The lowest BCUT2D eigenvalue weighted by Gasteiger charge is -2.20. The third-order valence-corrected chi connectivity index (χ3v) is 3.58. The topological polar surface area (TPSA) is 64.6 Å². The van der Waals surface area contributed by atoms with Crippen molar-refractivity contribution >= 4 is 39.2 Å². The first kappa shape index (κ1) is 16.3. The predicted octanol–water partition coefficient (Wildman–Crippen LogP) is 4.43. The molecule has 1 N–H and O–H groups in total. The first-order chi connectivity index (χ1) is 10.3. The Balaban J connectivity index is 2.33. The summed E-state index contributed by atoms with van der Waals surface area (Å²) in [4.78, 5) is 23.9. The third-order valence-electron chi connectivity index (χ3n) is 2.72. The molecule has 0 aliphatic rings. The van der Waals surface area contributed by atoms with Crippen molar-refractivity contribution in [1.82, 2.24) is 0 Å². The molecule has 1 amide bonds. The fraction of sp³-hybridized carbons (Fsp3) is 0.375. The largest absolute Gasteiger partial charge is 0.462 e. The number of esters is 1. The lowest BCUT2D eigenvalue weighted by Crippen LogP contribution is -2.27. The Morgan fingerprint density at radius 2 is 2.00 bits per heavy atom. The van der Waals surface area contributed by atoms with E-state index in [1.807, 2.05) is 11.4 Å². The summed E-state index contributed by atoms with van der Waals surface area (Å²) < 4.78 is 11.2. The van der Waals surface area contributed by atoms with Crippen LogP contribution in [0.3, 0.4) is 0 Å². The number of hydrogen-bond donors (Lipinski definition) is 1. The zero-order chi connectivity index (χ0) is 16.3. The van der Waals surface area contributed by atoms with E-state index in [1.165, 1.54) is 11.3 Å². The Labute approximate surface area is 133 Å². The number of thiophene rings is 1. The molecule has 0 bridgehead atoms. The normalized spacial score (nSPS) is 11.3. The third kappa shape index (κ3) is 3.98. The number of amides is 1. The van der Waals surface area contributed by atoms with Crippen molar-refractivity contribution in [3.05, 3.63) is 29.1 Å². The highest BCUT2D eigenvalue weighted by Crippen LogP contribution is 2.30. The summed E-state index contributed by atoms with van der Waals surface area (Å²) >= 11 is 1.49. The van der Waals surface area contributed by atoms with Gasteiger partial charge in [0.25, 0.3) is 0 Å². The fourth-order valence-corrected chi connectivity index (χ4v) is 2.77. The molecule has 2 aromatic rings. The van der Waals surface area contributed by atoms with Gasteiger partial charge in [0.05, 0.1) is 17.9 Å². The van der Waals surface area contributed by atoms with E-state index in [4.69, 9.17) is 9.47 Å². The van der Waals surface area contributed by atoms with E-state index >= 15 is 0 Å². The number of benzene rings is 1. The van der Waals surface area contributed by atoms with Crippen LogP contribution in [0.1, 0.15) is 38.1 Å². The molecule has 0 spiro atoms. The number of carbonyl (C=O) groups excluding carboxylic acids is 2. The van der Waals surface area contributed by atoms with E-state index in [9.17, 15) is 9.59 Å². The Morgan fingerprint density at radius 1 is 1.27 bits per heavy atom. The van der Waals surface area contributed by atoms with Crippen LogP contribution in [0.5, 0.6) is 0 Å². The van der Waals surface area contributed by atoms with Crippen LogP contribution in [0.25, 0.3) is 10.1 Å². The maximum Gasteiger partial charge on any atom is 0.412 e. The van der Waals surface area contributed by atoms with Gasteiger partial charge in [-0.15, -0.1) is 11.3 Å². The van der Waals surface area contributed by atoms with Crippen LogP contribution in [0.4, 0.5) is 10.5 Å². The molecule has 6 heteroatoms. The minimum atomic E-state index is -0.587. The first-order valence-corrected chi connectivity index (χ1v) is 7.86. The minimum absolute atomic E-state index is 0.302. The number of ether oxygens (including phenoxy) is 2. The molecule has 118 valence electrons. The molecule has 1 aromatic heterocycles. The average Bonchev–Trinajstić information content (AvgIpc) is 2.85. The second-order valence-corrected chi connectivity index (χ2v) is 6.65. The van der Waals surface area contributed by atoms with Crippen LogP contribution in [-0.4, -0.2) is 24.3 Å². The van der Waals surface area contributed by atoms with Gasteiger partial charge in [-0.25, -0.2) is 9.59 Å². The SMILES string of the molecule is CCOC(=O)c1cc(NC(=O)OC(C)(C)C)c2ccsc2c1. The molecule has 0 aliphatic carbocycles. The lowest BCUT2D eigenvalue weighted by atomic mass is 10.1. The standard InChI is InChI=1S/C16H19NO4S/c1-5-20-14(18)10-8-12(11-6-7-22-13(11)9-10)17-15(19)21-16(2,3)4/h6-9H,5H2,1-4H3,(H,17,19). The number of fused-ring (bicyclic) bond motifs is 1. The molecule has 2 rings (SSSR count). The van der Waals surface area contributed by atoms with Crippen LogP contribution in [0.2, 0.25) is 0 Å². The smallest absolute Gasteiger partial charge is 0.412 e. The van der Waals surface area contributed by atoms with Gasteiger partial charge in [-0.3, -0.25) is 5.32 Å². The van der Waals surface area contributed by atoms with Crippen molar-refractivity contribution in [3.63, 3.8) is 0 Å². The first-order valence-electron chi connectivity index (χ1n) is 6.98. The van der Waals surface area contributed by atoms with E-state index in [1.54, 1.807) is 39.8 Å². The van der Waals surface area contributed by atoms with E-state index in [0.29, 0.717) is 17.9 Å². The fourth-order valence-electron chi connectivity index (χ4n) is 1.92. The van der Waals surface area contributed by atoms with E-state index in [0.717, 1.165) is 10.1 Å². The summed E-state index contributed by atoms with van der Waals surface area (Å²) in [5.74, 6) is -0.412. The van der Waals surface area contributed by atoms with Gasteiger partial charge in [-0.1, -0.05) is 0 Å². The van der Waals surface area contributed by atoms with Crippen molar-refractivity contribution in [2.75, 3.05) is 11.9 Å². The van der Waals surface area contributed by atoms with Crippen LogP contribution < -0.4 is 5.32 Å². The Bertz CT molecular complexity index is 700. The Hall–Kier alpha value is -2.08. The molecule has 0 saturated heterocycles. The van der Waals surface area contributed by atoms with Gasteiger partial charge in [0.15, 0.2) is 0 Å². The van der Waals surface area contributed by atoms with Crippen molar-refractivity contribution in [1.29, 1.82) is 0 Å². The van der Waals surface area contributed by atoms with Gasteiger partial charge in [0.1, 0.15) is 5.60 Å². The Kier molecular flexibility index (Phi) is 4.71. The molecule has 22 heavy (non-hydrogen) atoms. The summed E-state index contributed by atoms with van der Waals surface area (Å²) in [7, 11) is 0. The number of hydrogen-bond acceptors (Lipinski definition) is 5. The quantitative estimate of drug-likeness (QED) is 0.850. The van der Waals surface area contributed by atoms with Crippen LogP contribution in [-0.2, 0) is 9.47 Å². The highest BCUT2D eigenvalue weighted by atomic mass is 32.1. The number of nitrogens with one attached hydrogen (secondary N) is 1. The summed E-state index contributed by atoms with van der Waals surface area (Å²) in [5.41, 5.74) is 0.357. The molecule has 1 heterocycles. The molecule has 0 fully saturated rings. The molecular weight excluding hydrogens is 302 g/mol. The zero-order valence-corrected chi connectivity index (χ0v) is 13.9. The van der Waals surface area contributed by atoms with Crippen LogP contribution in [0, 0.1) is 0 Å². The van der Waals surface area contributed by atoms with Gasteiger partial charge < -0.3 is 9.47 Å². The molecular formula is C16H19NO4S. The number of carbonyl (C=O) groups is 2. The predicted molar refractivity (Wildman–Crippen MR) is 87.6 cm³/mol. The second kappa shape index (κ2) is 6.36. The molecule has 0 unspecified atom stereocenters. The lowest BCUT2D eigenvalue weighted by molar-refractivity contribution is 0.0525. The number of rotatable bonds is 3. The maximum absolute atomic E-state index is 12.0. The van der Waals surface area contributed by atoms with E-state index < -0.39 is 17.7 Å². The maximum atomic E-state index is 12.0. The average molecular weight is 321 g/mol. The molecule has 0 aliphatic heterocycles. The van der Waals surface area contributed by atoms with Crippen LogP contribution in [0.15, 0.2) is 23.6 Å². The van der Waals surface area contributed by atoms with Gasteiger partial charge >= 0.3 is 12.1 Å². The molecule has 0 radical (unpaired) electrons. The van der Waals surface area contributed by atoms with Gasteiger partial charge in [-0.05, 0) is 51.3 Å². The second-order valence-electron chi connectivity index (χ2n) is 5.70. The summed E-state index contributed by atoms with van der Waals surface area (Å²) in [6.07, 6.45) is -0.555. The summed E-state index contributed by atoms with van der Waals surface area (Å²) in [6.45, 7) is 7.43. The van der Waals surface area contributed by atoms with Crippen molar-refractivity contribution in [3.8, 4) is 0 Å². The van der Waals surface area contributed by atoms with Gasteiger partial charge in [0, 0.05) is 10.1 Å². The van der Waals surface area contributed by atoms with Gasteiger partial charge in [0.2, 0.25) is 0 Å².